The summed E-state index contributed by atoms with van der Waals surface area (Å²) in [6.07, 6.45) is 2.40. The third kappa shape index (κ3) is 7.24. The Morgan fingerprint density at radius 1 is 0.909 bits per heavy atom. The Labute approximate surface area is 192 Å². The summed E-state index contributed by atoms with van der Waals surface area (Å²) in [7, 11) is 0. The van der Waals surface area contributed by atoms with Crippen molar-refractivity contribution in [3.8, 4) is 0 Å². The molecule has 0 fully saturated rings. The first-order chi connectivity index (χ1) is 15.9. The Kier molecular flexibility index (Phi) is 8.24. The van der Waals surface area contributed by atoms with Crippen LogP contribution in [0.5, 0.6) is 0 Å². The van der Waals surface area contributed by atoms with Gasteiger partial charge in [0.1, 0.15) is 5.76 Å². The third-order valence-corrected chi connectivity index (χ3v) is 5.00. The zero-order valence-corrected chi connectivity index (χ0v) is 18.7. The fourth-order valence-electron chi connectivity index (χ4n) is 2.95. The first-order valence-electron chi connectivity index (χ1n) is 10.8. The van der Waals surface area contributed by atoms with E-state index < -0.39 is 0 Å². The fourth-order valence-corrected chi connectivity index (χ4v) is 2.95. The van der Waals surface area contributed by atoms with Gasteiger partial charge in [-0.1, -0.05) is 13.0 Å². The maximum absolute atomic E-state index is 12.3. The molecule has 1 aromatic heterocycles. The van der Waals surface area contributed by atoms with Crippen molar-refractivity contribution in [2.45, 2.75) is 32.9 Å². The Morgan fingerprint density at radius 2 is 1.70 bits per heavy atom. The van der Waals surface area contributed by atoms with Crippen LogP contribution in [0.3, 0.4) is 0 Å². The molecule has 1 atom stereocenters. The smallest absolute Gasteiger partial charge is 0.251 e. The van der Waals surface area contributed by atoms with Gasteiger partial charge in [-0.3, -0.25) is 14.4 Å². The van der Waals surface area contributed by atoms with E-state index in [1.807, 2.05) is 13.8 Å². The van der Waals surface area contributed by atoms with Gasteiger partial charge in [0.25, 0.3) is 11.8 Å². The van der Waals surface area contributed by atoms with Crippen LogP contribution in [0.25, 0.3) is 0 Å². The van der Waals surface area contributed by atoms with Gasteiger partial charge in [-0.2, -0.15) is 0 Å². The van der Waals surface area contributed by atoms with Crippen molar-refractivity contribution in [3.05, 3.63) is 83.8 Å². The number of hydrogen-bond acceptors (Lipinski definition) is 5. The quantitative estimate of drug-likeness (QED) is 0.377. The highest BCUT2D eigenvalue weighted by Gasteiger charge is 2.10. The number of carbonyl (C=O) groups is 3. The molecule has 1 heterocycles. The molecular formula is C25H28N4O4. The van der Waals surface area contributed by atoms with Crippen LogP contribution in [0.15, 0.2) is 71.3 Å². The molecule has 1 unspecified atom stereocenters. The lowest BCUT2D eigenvalue weighted by molar-refractivity contribution is -0.114. The summed E-state index contributed by atoms with van der Waals surface area (Å²) in [6.45, 7) is 4.27. The maximum atomic E-state index is 12.3. The van der Waals surface area contributed by atoms with Gasteiger partial charge in [0.05, 0.1) is 19.4 Å². The van der Waals surface area contributed by atoms with Crippen LogP contribution in [0.2, 0.25) is 0 Å². The van der Waals surface area contributed by atoms with Crippen LogP contribution in [0.1, 0.15) is 46.7 Å². The second-order valence-electron chi connectivity index (χ2n) is 7.60. The zero-order chi connectivity index (χ0) is 23.6. The lowest BCUT2D eigenvalue weighted by Crippen LogP contribution is -2.31. The SMILES string of the molecule is CCC(C)NC(=O)c1ccc(NC(=O)CNc2cccc(C(=O)NCc3ccco3)c2)cc1. The van der Waals surface area contributed by atoms with E-state index in [1.165, 1.54) is 0 Å². The largest absolute Gasteiger partial charge is 0.467 e. The fraction of sp³-hybridized carbons (Fsp3) is 0.240. The number of rotatable bonds is 10. The Hall–Kier alpha value is -4.07. The summed E-state index contributed by atoms with van der Waals surface area (Å²) in [5, 5.41) is 11.5. The van der Waals surface area contributed by atoms with Gasteiger partial charge in [0.2, 0.25) is 5.91 Å². The molecule has 172 valence electrons. The number of amides is 3. The average molecular weight is 449 g/mol. The second kappa shape index (κ2) is 11.5. The van der Waals surface area contributed by atoms with E-state index in [9.17, 15) is 14.4 Å². The van der Waals surface area contributed by atoms with Crippen molar-refractivity contribution < 1.29 is 18.8 Å². The highest BCUT2D eigenvalue weighted by molar-refractivity contribution is 5.97. The highest BCUT2D eigenvalue weighted by atomic mass is 16.3. The molecule has 0 bridgehead atoms. The van der Waals surface area contributed by atoms with Gasteiger partial charge < -0.3 is 25.7 Å². The summed E-state index contributed by atoms with van der Waals surface area (Å²) < 4.78 is 5.20. The lowest BCUT2D eigenvalue weighted by atomic mass is 10.1. The third-order valence-electron chi connectivity index (χ3n) is 5.00. The van der Waals surface area contributed by atoms with Crippen molar-refractivity contribution in [3.63, 3.8) is 0 Å². The molecule has 3 amide bonds. The van der Waals surface area contributed by atoms with Crippen LogP contribution in [-0.2, 0) is 11.3 Å². The van der Waals surface area contributed by atoms with Gasteiger partial charge in [0, 0.05) is 28.5 Å². The minimum atomic E-state index is -0.250. The van der Waals surface area contributed by atoms with Gasteiger partial charge in [0.15, 0.2) is 0 Å². The molecule has 33 heavy (non-hydrogen) atoms. The van der Waals surface area contributed by atoms with Crippen molar-refractivity contribution in [2.24, 2.45) is 0 Å². The highest BCUT2D eigenvalue weighted by Crippen LogP contribution is 2.13. The molecule has 3 aromatic rings. The lowest BCUT2D eigenvalue weighted by Gasteiger charge is -2.12. The van der Waals surface area contributed by atoms with Gasteiger partial charge >= 0.3 is 0 Å². The van der Waals surface area contributed by atoms with Crippen LogP contribution in [0, 0.1) is 0 Å². The predicted molar refractivity (Wildman–Crippen MR) is 127 cm³/mol. The first kappa shape index (κ1) is 23.6. The molecule has 0 radical (unpaired) electrons. The number of furan rings is 1. The van der Waals surface area contributed by atoms with Gasteiger partial charge in [-0.15, -0.1) is 0 Å². The van der Waals surface area contributed by atoms with Crippen LogP contribution >= 0.6 is 0 Å². The van der Waals surface area contributed by atoms with Crippen LogP contribution in [-0.4, -0.2) is 30.3 Å². The molecule has 4 N–H and O–H groups in total. The van der Waals surface area contributed by atoms with E-state index in [1.54, 1.807) is 66.9 Å². The molecule has 2 aromatic carbocycles. The predicted octanol–water partition coefficient (Wildman–Crippen LogP) is 3.79. The summed E-state index contributed by atoms with van der Waals surface area (Å²) in [5.41, 5.74) is 2.24. The number of anilines is 2. The topological polar surface area (TPSA) is 112 Å². The van der Waals surface area contributed by atoms with Crippen molar-refractivity contribution in [1.29, 1.82) is 0 Å². The standard InChI is InChI=1S/C25H28N4O4/c1-3-17(2)28-25(32)18-9-11-20(12-10-18)29-23(30)16-26-21-7-4-6-19(14-21)24(31)27-15-22-8-5-13-33-22/h4-14,17,26H,3,15-16H2,1-2H3,(H,27,31)(H,28,32)(H,29,30). The number of nitrogens with one attached hydrogen (secondary N) is 4. The zero-order valence-electron chi connectivity index (χ0n) is 18.7. The van der Waals surface area contributed by atoms with Gasteiger partial charge in [-0.25, -0.2) is 0 Å². The number of benzene rings is 2. The van der Waals surface area contributed by atoms with Crippen LogP contribution < -0.4 is 21.3 Å². The van der Waals surface area contributed by atoms with E-state index >= 15 is 0 Å². The van der Waals surface area contributed by atoms with Crippen molar-refractivity contribution >= 4 is 29.1 Å². The maximum Gasteiger partial charge on any atom is 0.251 e. The van der Waals surface area contributed by atoms with Crippen LogP contribution in [0.4, 0.5) is 11.4 Å². The Morgan fingerprint density at radius 3 is 2.39 bits per heavy atom. The number of hydrogen-bond donors (Lipinski definition) is 4. The monoisotopic (exact) mass is 448 g/mol. The van der Waals surface area contributed by atoms with Crippen molar-refractivity contribution in [2.75, 3.05) is 17.2 Å². The van der Waals surface area contributed by atoms with E-state index in [0.717, 1.165) is 6.42 Å². The van der Waals surface area contributed by atoms with E-state index in [0.29, 0.717) is 34.8 Å². The second-order valence-corrected chi connectivity index (χ2v) is 7.60. The summed E-state index contributed by atoms with van der Waals surface area (Å²) >= 11 is 0. The molecule has 0 spiro atoms. The summed E-state index contributed by atoms with van der Waals surface area (Å²) in [5.74, 6) is 0.0342. The first-order valence-corrected chi connectivity index (χ1v) is 10.8. The summed E-state index contributed by atoms with van der Waals surface area (Å²) in [4.78, 5) is 36.8. The normalized spacial score (nSPS) is 11.3. The van der Waals surface area contributed by atoms with E-state index in [4.69, 9.17) is 4.42 Å². The molecular weight excluding hydrogens is 420 g/mol. The van der Waals surface area contributed by atoms with Gasteiger partial charge in [-0.05, 0) is 67.9 Å². The molecule has 8 nitrogen and oxygen atoms in total. The molecule has 0 aliphatic rings. The molecule has 0 saturated heterocycles. The molecule has 0 saturated carbocycles. The molecule has 3 rings (SSSR count). The minimum Gasteiger partial charge on any atom is -0.467 e. The Balaban J connectivity index is 1.48. The number of carbonyl (C=O) groups excluding carboxylic acids is 3. The molecule has 8 heteroatoms. The van der Waals surface area contributed by atoms with E-state index in [-0.39, 0.29) is 30.3 Å². The Bertz CT molecular complexity index is 1080. The molecule has 0 aliphatic heterocycles. The van der Waals surface area contributed by atoms with E-state index in [2.05, 4.69) is 21.3 Å². The summed E-state index contributed by atoms with van der Waals surface area (Å²) in [6, 6.07) is 17.3. The average Bonchev–Trinajstić information content (AvgIpc) is 3.35. The molecule has 0 aliphatic carbocycles. The van der Waals surface area contributed by atoms with Crippen molar-refractivity contribution in [1.82, 2.24) is 10.6 Å². The minimum absolute atomic E-state index is 0.0215.